The molecule has 0 radical (unpaired) electrons. The highest BCUT2D eigenvalue weighted by Gasteiger charge is 2.19. The fraction of sp³-hybridized carbons (Fsp3) is 0.304. The zero-order valence-electron chi connectivity index (χ0n) is 16.1. The van der Waals surface area contributed by atoms with Crippen molar-refractivity contribution in [2.75, 3.05) is 32.7 Å². The van der Waals surface area contributed by atoms with Gasteiger partial charge in [-0.15, -0.1) is 0 Å². The molecule has 1 aliphatic heterocycles. The highest BCUT2D eigenvalue weighted by Crippen LogP contribution is 2.18. The Morgan fingerprint density at radius 1 is 0.893 bits per heavy atom. The molecule has 0 atom stereocenters. The van der Waals surface area contributed by atoms with Gasteiger partial charge in [-0.1, -0.05) is 54.6 Å². The first-order valence-electron chi connectivity index (χ1n) is 9.86. The number of carbonyl (C=O) groups excluding carboxylic acids is 1. The van der Waals surface area contributed by atoms with E-state index < -0.39 is 0 Å². The lowest BCUT2D eigenvalue weighted by molar-refractivity contribution is -0.122. The molecule has 0 unspecified atom stereocenters. The number of benzene rings is 2. The van der Waals surface area contributed by atoms with E-state index in [9.17, 15) is 4.79 Å². The second-order valence-electron chi connectivity index (χ2n) is 7.31. The first-order valence-corrected chi connectivity index (χ1v) is 9.86. The summed E-state index contributed by atoms with van der Waals surface area (Å²) in [6.07, 6.45) is 1.86. The van der Waals surface area contributed by atoms with Crippen LogP contribution in [0, 0.1) is 0 Å². The predicted molar refractivity (Wildman–Crippen MR) is 112 cm³/mol. The molecule has 28 heavy (non-hydrogen) atoms. The minimum atomic E-state index is 0.0931. The third-order valence-electron chi connectivity index (χ3n) is 5.27. The molecule has 4 rings (SSSR count). The van der Waals surface area contributed by atoms with Crippen LogP contribution in [0.4, 0.5) is 0 Å². The lowest BCUT2D eigenvalue weighted by atomic mass is 10.1. The van der Waals surface area contributed by atoms with Crippen molar-refractivity contribution in [3.05, 3.63) is 78.0 Å². The summed E-state index contributed by atoms with van der Waals surface area (Å²) in [7, 11) is 0. The lowest BCUT2D eigenvalue weighted by Gasteiger charge is -2.34. The van der Waals surface area contributed by atoms with Crippen LogP contribution in [0.15, 0.2) is 66.9 Å². The topological polar surface area (TPSA) is 48.5 Å². The van der Waals surface area contributed by atoms with Gasteiger partial charge in [-0.25, -0.2) is 0 Å². The molecule has 1 amide bonds. The van der Waals surface area contributed by atoms with Crippen molar-refractivity contribution in [1.82, 2.24) is 20.1 Å². The zero-order chi connectivity index (χ0) is 19.2. The Kier molecular flexibility index (Phi) is 5.95. The summed E-state index contributed by atoms with van der Waals surface area (Å²) in [4.78, 5) is 21.5. The van der Waals surface area contributed by atoms with Crippen molar-refractivity contribution in [2.24, 2.45) is 0 Å². The number of para-hydroxylation sites is 1. The molecule has 5 heteroatoms. The fourth-order valence-corrected chi connectivity index (χ4v) is 3.70. The van der Waals surface area contributed by atoms with E-state index in [0.717, 1.165) is 43.8 Å². The Morgan fingerprint density at radius 3 is 2.46 bits per heavy atom. The van der Waals surface area contributed by atoms with Gasteiger partial charge in [-0.05, 0) is 17.2 Å². The molecule has 1 saturated heterocycles. The van der Waals surface area contributed by atoms with E-state index in [0.29, 0.717) is 13.1 Å². The molecule has 1 aromatic heterocycles. The molecule has 2 aromatic carbocycles. The van der Waals surface area contributed by atoms with Crippen LogP contribution in [0.3, 0.4) is 0 Å². The lowest BCUT2D eigenvalue weighted by Crippen LogP contribution is -2.49. The quantitative estimate of drug-likeness (QED) is 0.721. The Bertz CT molecular complexity index is 915. The van der Waals surface area contributed by atoms with Gasteiger partial charge in [0, 0.05) is 50.9 Å². The van der Waals surface area contributed by atoms with Crippen LogP contribution in [-0.2, 0) is 17.9 Å². The standard InChI is InChI=1S/C23H26N4O/c28-22(25-16-19-6-2-1-3-7-19)18-27-14-12-26(13-15-27)17-21-9-4-8-20-10-5-11-24-23(20)21/h1-11H,12-18H2,(H,25,28). The Hall–Kier alpha value is -2.76. The maximum Gasteiger partial charge on any atom is 0.234 e. The third kappa shape index (κ3) is 4.74. The van der Waals surface area contributed by atoms with E-state index in [1.807, 2.05) is 42.6 Å². The van der Waals surface area contributed by atoms with E-state index in [-0.39, 0.29) is 5.91 Å². The highest BCUT2D eigenvalue weighted by atomic mass is 16.2. The van der Waals surface area contributed by atoms with Crippen LogP contribution in [0.2, 0.25) is 0 Å². The van der Waals surface area contributed by atoms with Crippen molar-refractivity contribution in [1.29, 1.82) is 0 Å². The van der Waals surface area contributed by atoms with Crippen LogP contribution in [-0.4, -0.2) is 53.4 Å². The number of pyridine rings is 1. The maximum absolute atomic E-state index is 12.2. The summed E-state index contributed by atoms with van der Waals surface area (Å²) in [6, 6.07) is 20.5. The van der Waals surface area contributed by atoms with Gasteiger partial charge in [-0.3, -0.25) is 19.6 Å². The van der Waals surface area contributed by atoms with E-state index in [2.05, 4.69) is 44.4 Å². The van der Waals surface area contributed by atoms with Gasteiger partial charge in [0.05, 0.1) is 12.1 Å². The second kappa shape index (κ2) is 8.95. The van der Waals surface area contributed by atoms with Crippen LogP contribution in [0.5, 0.6) is 0 Å². The van der Waals surface area contributed by atoms with E-state index in [1.165, 1.54) is 10.9 Å². The van der Waals surface area contributed by atoms with Gasteiger partial charge >= 0.3 is 0 Å². The molecule has 2 heterocycles. The number of aromatic nitrogens is 1. The molecule has 5 nitrogen and oxygen atoms in total. The minimum Gasteiger partial charge on any atom is -0.351 e. The van der Waals surface area contributed by atoms with E-state index in [4.69, 9.17) is 0 Å². The predicted octanol–water partition coefficient (Wildman–Crippen LogP) is 2.67. The Balaban J connectivity index is 1.25. The molecule has 0 saturated carbocycles. The molecular weight excluding hydrogens is 348 g/mol. The smallest absolute Gasteiger partial charge is 0.234 e. The van der Waals surface area contributed by atoms with Crippen molar-refractivity contribution in [3.63, 3.8) is 0 Å². The number of fused-ring (bicyclic) bond motifs is 1. The van der Waals surface area contributed by atoms with Crippen LogP contribution >= 0.6 is 0 Å². The van der Waals surface area contributed by atoms with Crippen molar-refractivity contribution < 1.29 is 4.79 Å². The molecule has 1 aliphatic rings. The SMILES string of the molecule is O=C(CN1CCN(Cc2cccc3cccnc23)CC1)NCc1ccccc1. The van der Waals surface area contributed by atoms with Gasteiger partial charge < -0.3 is 5.32 Å². The first-order chi connectivity index (χ1) is 13.8. The normalized spacial score (nSPS) is 15.6. The number of hydrogen-bond donors (Lipinski definition) is 1. The largest absolute Gasteiger partial charge is 0.351 e. The number of nitrogens with one attached hydrogen (secondary N) is 1. The summed E-state index contributed by atoms with van der Waals surface area (Å²) in [5.74, 6) is 0.0931. The molecule has 0 spiro atoms. The van der Waals surface area contributed by atoms with Gasteiger partial charge in [0.1, 0.15) is 0 Å². The van der Waals surface area contributed by atoms with Gasteiger partial charge in [0.2, 0.25) is 5.91 Å². The molecule has 0 aliphatic carbocycles. The van der Waals surface area contributed by atoms with Gasteiger partial charge in [-0.2, -0.15) is 0 Å². The number of piperazine rings is 1. The third-order valence-corrected chi connectivity index (χ3v) is 5.27. The number of nitrogens with zero attached hydrogens (tertiary/aromatic N) is 3. The molecule has 3 aromatic rings. The molecular formula is C23H26N4O. The second-order valence-corrected chi connectivity index (χ2v) is 7.31. The number of hydrogen-bond acceptors (Lipinski definition) is 4. The summed E-state index contributed by atoms with van der Waals surface area (Å²) in [5, 5.41) is 4.20. The summed E-state index contributed by atoms with van der Waals surface area (Å²) in [6.45, 7) is 5.73. The van der Waals surface area contributed by atoms with Crippen LogP contribution in [0.25, 0.3) is 10.9 Å². The van der Waals surface area contributed by atoms with Crippen LogP contribution in [0.1, 0.15) is 11.1 Å². The van der Waals surface area contributed by atoms with Gasteiger partial charge in [0.15, 0.2) is 0 Å². The minimum absolute atomic E-state index is 0.0931. The average Bonchev–Trinajstić information content (AvgIpc) is 2.75. The zero-order valence-corrected chi connectivity index (χ0v) is 16.1. The highest BCUT2D eigenvalue weighted by molar-refractivity contribution is 5.81. The van der Waals surface area contributed by atoms with Crippen molar-refractivity contribution >= 4 is 16.8 Å². The molecule has 1 fully saturated rings. The van der Waals surface area contributed by atoms with Gasteiger partial charge in [0.25, 0.3) is 0 Å². The molecule has 144 valence electrons. The number of amides is 1. The maximum atomic E-state index is 12.2. The van der Waals surface area contributed by atoms with Crippen molar-refractivity contribution in [2.45, 2.75) is 13.1 Å². The van der Waals surface area contributed by atoms with Crippen LogP contribution < -0.4 is 5.32 Å². The first kappa shape index (κ1) is 18.6. The molecule has 1 N–H and O–H groups in total. The van der Waals surface area contributed by atoms with E-state index >= 15 is 0 Å². The summed E-state index contributed by atoms with van der Waals surface area (Å²) in [5.41, 5.74) is 3.49. The molecule has 0 bridgehead atoms. The van der Waals surface area contributed by atoms with E-state index in [1.54, 1.807) is 0 Å². The average molecular weight is 374 g/mol. The fourth-order valence-electron chi connectivity index (χ4n) is 3.70. The summed E-state index contributed by atoms with van der Waals surface area (Å²) < 4.78 is 0. The Labute approximate surface area is 166 Å². The summed E-state index contributed by atoms with van der Waals surface area (Å²) >= 11 is 0. The number of rotatable bonds is 6. The Morgan fingerprint density at radius 2 is 1.64 bits per heavy atom. The van der Waals surface area contributed by atoms with Crippen molar-refractivity contribution in [3.8, 4) is 0 Å². The monoisotopic (exact) mass is 374 g/mol. The number of carbonyl (C=O) groups is 1.